The molecule has 0 aliphatic carbocycles. The number of carbonyl (C=O) groups excluding carboxylic acids is 1. The Kier molecular flexibility index (Phi) is 7.23. The zero-order valence-electron chi connectivity index (χ0n) is 16.9. The average molecular weight is 453 g/mol. The maximum Gasteiger partial charge on any atom is 0.228 e. The number of anilines is 1. The van der Waals surface area contributed by atoms with Crippen LogP contribution in [0.4, 0.5) is 5.69 Å². The standard InChI is InChI=1S/C21H25ClN2O5S/c1-28-17-9-10-19(20(12-17)29-2)23-21(25)15-7-5-11-24(13-15)30(26,27)14-16-6-3-4-8-18(16)22/h3-4,6,8-10,12,15H,5,7,11,13-14H2,1-2H3,(H,23,25). The molecule has 2 aromatic carbocycles. The van der Waals surface area contributed by atoms with Gasteiger partial charge < -0.3 is 14.8 Å². The number of sulfonamides is 1. The summed E-state index contributed by atoms with van der Waals surface area (Å²) < 4.78 is 37.7. The summed E-state index contributed by atoms with van der Waals surface area (Å²) in [5.41, 5.74) is 1.06. The highest BCUT2D eigenvalue weighted by Crippen LogP contribution is 2.30. The summed E-state index contributed by atoms with van der Waals surface area (Å²) in [6.45, 7) is 0.527. The Morgan fingerprint density at radius 2 is 1.97 bits per heavy atom. The Morgan fingerprint density at radius 1 is 1.20 bits per heavy atom. The smallest absolute Gasteiger partial charge is 0.228 e. The summed E-state index contributed by atoms with van der Waals surface area (Å²) in [4.78, 5) is 12.8. The van der Waals surface area contributed by atoms with E-state index in [0.717, 1.165) is 0 Å². The first kappa shape index (κ1) is 22.4. The van der Waals surface area contributed by atoms with Gasteiger partial charge >= 0.3 is 0 Å². The van der Waals surface area contributed by atoms with E-state index in [1.165, 1.54) is 11.4 Å². The lowest BCUT2D eigenvalue weighted by Gasteiger charge is -2.31. The molecule has 0 bridgehead atoms. The van der Waals surface area contributed by atoms with Crippen molar-refractivity contribution in [1.29, 1.82) is 0 Å². The second-order valence-electron chi connectivity index (χ2n) is 7.10. The van der Waals surface area contributed by atoms with Gasteiger partial charge in [0, 0.05) is 24.2 Å². The first-order chi connectivity index (χ1) is 14.3. The van der Waals surface area contributed by atoms with E-state index in [2.05, 4.69) is 5.32 Å². The van der Waals surface area contributed by atoms with E-state index in [1.807, 2.05) is 0 Å². The number of piperidine rings is 1. The van der Waals surface area contributed by atoms with Crippen molar-refractivity contribution in [3.05, 3.63) is 53.1 Å². The first-order valence-corrected chi connectivity index (χ1v) is 11.6. The van der Waals surface area contributed by atoms with E-state index < -0.39 is 15.9 Å². The molecule has 7 nitrogen and oxygen atoms in total. The fraction of sp³-hybridized carbons (Fsp3) is 0.381. The molecule has 2 aromatic rings. The number of benzene rings is 2. The summed E-state index contributed by atoms with van der Waals surface area (Å²) >= 11 is 6.12. The van der Waals surface area contributed by atoms with Crippen molar-refractivity contribution in [2.75, 3.05) is 32.6 Å². The first-order valence-electron chi connectivity index (χ1n) is 9.58. The van der Waals surface area contributed by atoms with Crippen LogP contribution in [0.3, 0.4) is 0 Å². The van der Waals surface area contributed by atoms with Crippen molar-refractivity contribution in [2.45, 2.75) is 18.6 Å². The molecule has 1 atom stereocenters. The predicted molar refractivity (Wildman–Crippen MR) is 117 cm³/mol. The monoisotopic (exact) mass is 452 g/mol. The quantitative estimate of drug-likeness (QED) is 0.694. The molecule has 0 saturated carbocycles. The molecule has 1 heterocycles. The van der Waals surface area contributed by atoms with E-state index in [1.54, 1.807) is 49.6 Å². The number of methoxy groups -OCH3 is 2. The minimum Gasteiger partial charge on any atom is -0.497 e. The van der Waals surface area contributed by atoms with Gasteiger partial charge in [-0.3, -0.25) is 4.79 Å². The van der Waals surface area contributed by atoms with Crippen molar-refractivity contribution >= 4 is 33.2 Å². The number of nitrogens with one attached hydrogen (secondary N) is 1. The zero-order valence-corrected chi connectivity index (χ0v) is 18.5. The molecule has 1 saturated heterocycles. The predicted octanol–water partition coefficient (Wildman–Crippen LogP) is 3.54. The molecule has 1 fully saturated rings. The van der Waals surface area contributed by atoms with E-state index in [0.29, 0.717) is 47.2 Å². The third kappa shape index (κ3) is 5.24. The minimum atomic E-state index is -3.59. The van der Waals surface area contributed by atoms with Crippen LogP contribution in [0.1, 0.15) is 18.4 Å². The molecule has 9 heteroatoms. The van der Waals surface area contributed by atoms with Crippen LogP contribution in [0.5, 0.6) is 11.5 Å². The lowest BCUT2D eigenvalue weighted by molar-refractivity contribution is -0.120. The van der Waals surface area contributed by atoms with E-state index in [-0.39, 0.29) is 18.2 Å². The van der Waals surface area contributed by atoms with Crippen LogP contribution in [0.15, 0.2) is 42.5 Å². The molecule has 0 spiro atoms. The highest BCUT2D eigenvalue weighted by atomic mass is 35.5. The summed E-state index contributed by atoms with van der Waals surface area (Å²) in [6, 6.07) is 12.0. The van der Waals surface area contributed by atoms with Crippen LogP contribution in [-0.4, -0.2) is 45.9 Å². The van der Waals surface area contributed by atoms with Gasteiger partial charge in [-0.05, 0) is 36.6 Å². The molecular weight excluding hydrogens is 428 g/mol. The van der Waals surface area contributed by atoms with Crippen LogP contribution in [0.2, 0.25) is 5.02 Å². The molecule has 30 heavy (non-hydrogen) atoms. The zero-order chi connectivity index (χ0) is 21.7. The van der Waals surface area contributed by atoms with Gasteiger partial charge in [0.15, 0.2) is 0 Å². The highest BCUT2D eigenvalue weighted by Gasteiger charge is 2.33. The number of hydrogen-bond acceptors (Lipinski definition) is 5. The third-order valence-electron chi connectivity index (χ3n) is 5.11. The molecule has 1 aliphatic heterocycles. The van der Waals surface area contributed by atoms with Crippen molar-refractivity contribution < 1.29 is 22.7 Å². The average Bonchev–Trinajstić information content (AvgIpc) is 2.75. The van der Waals surface area contributed by atoms with Crippen molar-refractivity contribution in [1.82, 2.24) is 4.31 Å². The van der Waals surface area contributed by atoms with Gasteiger partial charge in [0.05, 0.1) is 31.6 Å². The molecule has 0 radical (unpaired) electrons. The normalized spacial score (nSPS) is 17.4. The van der Waals surface area contributed by atoms with Crippen molar-refractivity contribution in [3.8, 4) is 11.5 Å². The molecule has 1 N–H and O–H groups in total. The summed E-state index contributed by atoms with van der Waals surface area (Å²) in [7, 11) is -0.536. The number of carbonyl (C=O) groups is 1. The molecule has 1 aliphatic rings. The van der Waals surface area contributed by atoms with Gasteiger partial charge in [0.1, 0.15) is 11.5 Å². The number of ether oxygens (including phenoxy) is 2. The topological polar surface area (TPSA) is 84.9 Å². The summed E-state index contributed by atoms with van der Waals surface area (Å²) in [5.74, 6) is 0.205. The number of rotatable bonds is 7. The summed E-state index contributed by atoms with van der Waals surface area (Å²) in [5, 5.41) is 3.27. The lowest BCUT2D eigenvalue weighted by atomic mass is 9.98. The second-order valence-corrected chi connectivity index (χ2v) is 9.48. The fourth-order valence-electron chi connectivity index (χ4n) is 3.45. The van der Waals surface area contributed by atoms with Crippen LogP contribution in [0, 0.1) is 5.92 Å². The Morgan fingerprint density at radius 3 is 2.67 bits per heavy atom. The molecule has 0 aromatic heterocycles. The Balaban J connectivity index is 1.70. The number of hydrogen-bond donors (Lipinski definition) is 1. The van der Waals surface area contributed by atoms with Gasteiger partial charge in [-0.25, -0.2) is 12.7 Å². The van der Waals surface area contributed by atoms with Gasteiger partial charge in [-0.1, -0.05) is 29.8 Å². The van der Waals surface area contributed by atoms with Gasteiger partial charge in [0.25, 0.3) is 0 Å². The molecule has 3 rings (SSSR count). The number of nitrogens with zero attached hydrogens (tertiary/aromatic N) is 1. The van der Waals surface area contributed by atoms with Gasteiger partial charge in [-0.15, -0.1) is 0 Å². The number of amides is 1. The van der Waals surface area contributed by atoms with Crippen LogP contribution < -0.4 is 14.8 Å². The van der Waals surface area contributed by atoms with Crippen LogP contribution in [-0.2, 0) is 20.6 Å². The van der Waals surface area contributed by atoms with Gasteiger partial charge in [-0.2, -0.15) is 0 Å². The SMILES string of the molecule is COc1ccc(NC(=O)C2CCCN(S(=O)(=O)Cc3ccccc3Cl)C2)c(OC)c1. The Labute approximate surface area is 182 Å². The van der Waals surface area contributed by atoms with E-state index in [9.17, 15) is 13.2 Å². The Hall–Kier alpha value is -2.29. The molecular formula is C21H25ClN2O5S. The maximum absolute atomic E-state index is 12.9. The second kappa shape index (κ2) is 9.68. The van der Waals surface area contributed by atoms with E-state index in [4.69, 9.17) is 21.1 Å². The Bertz CT molecular complexity index is 1010. The largest absolute Gasteiger partial charge is 0.497 e. The third-order valence-corrected chi connectivity index (χ3v) is 7.27. The summed E-state index contributed by atoms with van der Waals surface area (Å²) in [6.07, 6.45) is 1.22. The fourth-order valence-corrected chi connectivity index (χ4v) is 5.37. The van der Waals surface area contributed by atoms with Crippen LogP contribution in [0.25, 0.3) is 0 Å². The van der Waals surface area contributed by atoms with Crippen molar-refractivity contribution in [2.24, 2.45) is 5.92 Å². The molecule has 1 unspecified atom stereocenters. The molecule has 1 amide bonds. The van der Waals surface area contributed by atoms with E-state index >= 15 is 0 Å². The molecule has 162 valence electrons. The number of halogens is 1. The minimum absolute atomic E-state index is 0.136. The van der Waals surface area contributed by atoms with Crippen LogP contribution >= 0.6 is 11.6 Å². The highest BCUT2D eigenvalue weighted by molar-refractivity contribution is 7.88. The lowest BCUT2D eigenvalue weighted by Crippen LogP contribution is -2.44. The maximum atomic E-state index is 12.9. The van der Waals surface area contributed by atoms with Crippen molar-refractivity contribution in [3.63, 3.8) is 0 Å². The van der Waals surface area contributed by atoms with Gasteiger partial charge in [0.2, 0.25) is 15.9 Å².